The van der Waals surface area contributed by atoms with Gasteiger partial charge in [0.2, 0.25) is 0 Å². The molecule has 0 radical (unpaired) electrons. The zero-order chi connectivity index (χ0) is 12.7. The number of rotatable bonds is 5. The van der Waals surface area contributed by atoms with Crippen molar-refractivity contribution in [3.05, 3.63) is 0 Å². The van der Waals surface area contributed by atoms with Crippen molar-refractivity contribution in [2.75, 3.05) is 13.2 Å². The molecule has 0 aromatic rings. The Morgan fingerprint density at radius 1 is 1.47 bits per heavy atom. The largest absolute Gasteiger partial charge is 0.481 e. The van der Waals surface area contributed by atoms with Gasteiger partial charge in [-0.2, -0.15) is 0 Å². The van der Waals surface area contributed by atoms with Crippen molar-refractivity contribution in [2.24, 2.45) is 0 Å². The van der Waals surface area contributed by atoms with Crippen LogP contribution in [0.5, 0.6) is 0 Å². The molecule has 6 heteroatoms. The van der Waals surface area contributed by atoms with E-state index >= 15 is 0 Å². The van der Waals surface area contributed by atoms with Crippen LogP contribution in [0.4, 0.5) is 4.79 Å². The zero-order valence-electron chi connectivity index (χ0n) is 10.1. The van der Waals surface area contributed by atoms with Crippen LogP contribution in [-0.2, 0) is 9.53 Å². The quantitative estimate of drug-likeness (QED) is 0.665. The van der Waals surface area contributed by atoms with Gasteiger partial charge in [0.1, 0.15) is 0 Å². The topological polar surface area (TPSA) is 87.7 Å². The molecule has 2 unspecified atom stereocenters. The van der Waals surface area contributed by atoms with Gasteiger partial charge in [0, 0.05) is 13.2 Å². The summed E-state index contributed by atoms with van der Waals surface area (Å²) in [5.74, 6) is -0.922. The number of ether oxygens (including phenoxy) is 1. The number of aliphatic carboxylic acids is 1. The average Bonchev–Trinajstić information content (AvgIpc) is 2.29. The Bertz CT molecular complexity index is 264. The number of carbonyl (C=O) groups is 2. The smallest absolute Gasteiger partial charge is 0.315 e. The summed E-state index contributed by atoms with van der Waals surface area (Å²) in [5.41, 5.74) is 0. The van der Waals surface area contributed by atoms with Crippen LogP contribution < -0.4 is 10.6 Å². The molecule has 1 rings (SSSR count). The molecule has 0 aliphatic carbocycles. The summed E-state index contributed by atoms with van der Waals surface area (Å²) < 4.78 is 5.55. The minimum absolute atomic E-state index is 0.0554. The SMILES string of the molecule is CC(NC(=O)NCCC(=O)O)C1CCCCO1. The monoisotopic (exact) mass is 244 g/mol. The fourth-order valence-electron chi connectivity index (χ4n) is 1.79. The maximum Gasteiger partial charge on any atom is 0.315 e. The highest BCUT2D eigenvalue weighted by Gasteiger charge is 2.21. The highest BCUT2D eigenvalue weighted by molar-refractivity contribution is 5.75. The third-order valence-corrected chi connectivity index (χ3v) is 2.76. The summed E-state index contributed by atoms with van der Waals surface area (Å²) in [6.45, 7) is 2.78. The molecule has 2 amide bonds. The molecule has 1 fully saturated rings. The Labute approximate surface area is 101 Å². The van der Waals surface area contributed by atoms with Gasteiger partial charge in [0.05, 0.1) is 18.6 Å². The molecule has 1 aliphatic heterocycles. The number of nitrogens with one attached hydrogen (secondary N) is 2. The zero-order valence-corrected chi connectivity index (χ0v) is 10.1. The van der Waals surface area contributed by atoms with Crippen LogP contribution in [0.2, 0.25) is 0 Å². The molecule has 0 bridgehead atoms. The normalized spacial score (nSPS) is 21.6. The molecule has 2 atom stereocenters. The minimum atomic E-state index is -0.922. The van der Waals surface area contributed by atoms with Crippen molar-refractivity contribution >= 4 is 12.0 Å². The molecular weight excluding hydrogens is 224 g/mol. The van der Waals surface area contributed by atoms with Crippen LogP contribution in [0.25, 0.3) is 0 Å². The van der Waals surface area contributed by atoms with E-state index in [1.54, 1.807) is 0 Å². The van der Waals surface area contributed by atoms with Crippen molar-refractivity contribution in [3.8, 4) is 0 Å². The second kappa shape index (κ2) is 7.11. The van der Waals surface area contributed by atoms with Gasteiger partial charge in [0.15, 0.2) is 0 Å². The lowest BCUT2D eigenvalue weighted by molar-refractivity contribution is -0.136. The fraction of sp³-hybridized carbons (Fsp3) is 0.818. The fourth-order valence-corrected chi connectivity index (χ4v) is 1.79. The Morgan fingerprint density at radius 3 is 2.82 bits per heavy atom. The number of hydrogen-bond acceptors (Lipinski definition) is 3. The number of amides is 2. The first-order valence-corrected chi connectivity index (χ1v) is 5.97. The van der Waals surface area contributed by atoms with Crippen molar-refractivity contribution in [1.82, 2.24) is 10.6 Å². The van der Waals surface area contributed by atoms with Crippen LogP contribution in [0, 0.1) is 0 Å². The van der Waals surface area contributed by atoms with Gasteiger partial charge in [0.25, 0.3) is 0 Å². The van der Waals surface area contributed by atoms with E-state index in [4.69, 9.17) is 9.84 Å². The summed E-state index contributed by atoms with van der Waals surface area (Å²) in [4.78, 5) is 21.7. The highest BCUT2D eigenvalue weighted by Crippen LogP contribution is 2.15. The summed E-state index contributed by atoms with van der Waals surface area (Å²) >= 11 is 0. The van der Waals surface area contributed by atoms with E-state index in [9.17, 15) is 9.59 Å². The molecule has 98 valence electrons. The Morgan fingerprint density at radius 2 is 2.24 bits per heavy atom. The molecule has 1 saturated heterocycles. The molecule has 0 saturated carbocycles. The lowest BCUT2D eigenvalue weighted by Crippen LogP contribution is -2.48. The molecule has 0 spiro atoms. The van der Waals surface area contributed by atoms with Crippen molar-refractivity contribution in [3.63, 3.8) is 0 Å². The van der Waals surface area contributed by atoms with Crippen molar-refractivity contribution < 1.29 is 19.4 Å². The second-order valence-corrected chi connectivity index (χ2v) is 4.24. The molecule has 0 aromatic carbocycles. The number of carbonyl (C=O) groups excluding carboxylic acids is 1. The third-order valence-electron chi connectivity index (χ3n) is 2.76. The number of hydrogen-bond donors (Lipinski definition) is 3. The Kier molecular flexibility index (Phi) is 5.76. The van der Waals surface area contributed by atoms with Crippen LogP contribution in [0.3, 0.4) is 0 Å². The Balaban J connectivity index is 2.18. The molecule has 0 aromatic heterocycles. The van der Waals surface area contributed by atoms with Gasteiger partial charge in [-0.1, -0.05) is 0 Å². The lowest BCUT2D eigenvalue weighted by Gasteiger charge is -2.28. The van der Waals surface area contributed by atoms with E-state index in [1.807, 2.05) is 6.92 Å². The van der Waals surface area contributed by atoms with E-state index in [0.29, 0.717) is 0 Å². The summed E-state index contributed by atoms with van der Waals surface area (Å²) in [6.07, 6.45) is 3.15. The van der Waals surface area contributed by atoms with Crippen LogP contribution in [-0.4, -0.2) is 42.4 Å². The first-order chi connectivity index (χ1) is 8.09. The molecule has 17 heavy (non-hydrogen) atoms. The maximum absolute atomic E-state index is 11.4. The van der Waals surface area contributed by atoms with Gasteiger partial charge >= 0.3 is 12.0 Å². The second-order valence-electron chi connectivity index (χ2n) is 4.24. The summed E-state index contributed by atoms with van der Waals surface area (Å²) in [5, 5.41) is 13.7. The van der Waals surface area contributed by atoms with Crippen molar-refractivity contribution in [1.29, 1.82) is 0 Å². The molecule has 1 aliphatic rings. The van der Waals surface area contributed by atoms with Gasteiger partial charge in [-0.05, 0) is 26.2 Å². The molecule has 1 heterocycles. The van der Waals surface area contributed by atoms with Crippen molar-refractivity contribution in [2.45, 2.75) is 44.8 Å². The van der Waals surface area contributed by atoms with E-state index in [1.165, 1.54) is 0 Å². The summed E-state index contributed by atoms with van der Waals surface area (Å²) in [7, 11) is 0. The predicted octanol–water partition coefficient (Wildman–Crippen LogP) is 0.718. The Hall–Kier alpha value is -1.30. The van der Waals surface area contributed by atoms with Gasteiger partial charge in [-0.25, -0.2) is 4.79 Å². The van der Waals surface area contributed by atoms with Gasteiger partial charge in [-0.3, -0.25) is 4.79 Å². The first kappa shape index (κ1) is 13.8. The van der Waals surface area contributed by atoms with E-state index in [2.05, 4.69) is 10.6 Å². The first-order valence-electron chi connectivity index (χ1n) is 5.97. The van der Waals surface area contributed by atoms with E-state index in [0.717, 1.165) is 25.9 Å². The minimum Gasteiger partial charge on any atom is -0.481 e. The molecular formula is C11H20N2O4. The molecule has 3 N–H and O–H groups in total. The standard InChI is InChI=1S/C11H20N2O4/c1-8(9-4-2-3-7-17-9)13-11(16)12-6-5-10(14)15/h8-9H,2-7H2,1H3,(H,14,15)(H2,12,13,16). The average molecular weight is 244 g/mol. The maximum atomic E-state index is 11.4. The number of carboxylic acid groups (broad SMARTS) is 1. The number of urea groups is 1. The highest BCUT2D eigenvalue weighted by atomic mass is 16.5. The van der Waals surface area contributed by atoms with E-state index in [-0.39, 0.29) is 31.1 Å². The van der Waals surface area contributed by atoms with Gasteiger partial charge < -0.3 is 20.5 Å². The van der Waals surface area contributed by atoms with Gasteiger partial charge in [-0.15, -0.1) is 0 Å². The van der Waals surface area contributed by atoms with Crippen LogP contribution >= 0.6 is 0 Å². The summed E-state index contributed by atoms with van der Waals surface area (Å²) in [6, 6.07) is -0.395. The third kappa shape index (κ3) is 5.53. The molecule has 6 nitrogen and oxygen atoms in total. The van der Waals surface area contributed by atoms with E-state index < -0.39 is 5.97 Å². The lowest BCUT2D eigenvalue weighted by atomic mass is 10.0. The number of carboxylic acids is 1. The van der Waals surface area contributed by atoms with Crippen LogP contribution in [0.15, 0.2) is 0 Å². The predicted molar refractivity (Wildman–Crippen MR) is 61.8 cm³/mol. The van der Waals surface area contributed by atoms with Crippen LogP contribution in [0.1, 0.15) is 32.6 Å².